The SMILES string of the molecule is COc1cc(CN(C(=O)Cc2cccc(F)c2)C2CC2)cc(OC)c1OC. The van der Waals surface area contributed by atoms with Crippen LogP contribution in [0.2, 0.25) is 0 Å². The van der Waals surface area contributed by atoms with E-state index in [1.54, 1.807) is 33.5 Å². The van der Waals surface area contributed by atoms with Crippen LogP contribution < -0.4 is 14.2 Å². The molecule has 0 spiro atoms. The van der Waals surface area contributed by atoms with Crippen molar-refractivity contribution in [2.24, 2.45) is 0 Å². The molecule has 0 saturated heterocycles. The number of ether oxygens (including phenoxy) is 3. The molecule has 0 aliphatic heterocycles. The van der Waals surface area contributed by atoms with Crippen molar-refractivity contribution in [2.75, 3.05) is 21.3 Å². The Bertz CT molecular complexity index is 795. The molecule has 0 N–H and O–H groups in total. The summed E-state index contributed by atoms with van der Waals surface area (Å²) in [6.07, 6.45) is 2.15. The van der Waals surface area contributed by atoms with E-state index in [0.717, 1.165) is 18.4 Å². The third-order valence-corrected chi connectivity index (χ3v) is 4.63. The first-order chi connectivity index (χ1) is 13.0. The average molecular weight is 373 g/mol. The summed E-state index contributed by atoms with van der Waals surface area (Å²) >= 11 is 0. The van der Waals surface area contributed by atoms with Crippen LogP contribution in [0.25, 0.3) is 0 Å². The van der Waals surface area contributed by atoms with Gasteiger partial charge in [0, 0.05) is 12.6 Å². The zero-order valence-electron chi connectivity index (χ0n) is 15.8. The first kappa shape index (κ1) is 19.0. The fraction of sp³-hybridized carbons (Fsp3) is 0.381. The number of methoxy groups -OCH3 is 3. The molecule has 0 aromatic heterocycles. The summed E-state index contributed by atoms with van der Waals surface area (Å²) in [6.45, 7) is 0.440. The van der Waals surface area contributed by atoms with E-state index in [9.17, 15) is 9.18 Å². The highest BCUT2D eigenvalue weighted by Crippen LogP contribution is 2.39. The second kappa shape index (κ2) is 8.29. The summed E-state index contributed by atoms with van der Waals surface area (Å²) in [5.41, 5.74) is 1.57. The Hall–Kier alpha value is -2.76. The third kappa shape index (κ3) is 4.51. The number of benzene rings is 2. The monoisotopic (exact) mass is 373 g/mol. The second-order valence-corrected chi connectivity index (χ2v) is 6.59. The first-order valence-electron chi connectivity index (χ1n) is 8.88. The number of hydrogen-bond donors (Lipinski definition) is 0. The molecule has 0 radical (unpaired) electrons. The van der Waals surface area contributed by atoms with Crippen LogP contribution in [0.15, 0.2) is 36.4 Å². The smallest absolute Gasteiger partial charge is 0.227 e. The predicted molar refractivity (Wildman–Crippen MR) is 99.8 cm³/mol. The number of carbonyl (C=O) groups excluding carboxylic acids is 1. The number of hydrogen-bond acceptors (Lipinski definition) is 4. The Kier molecular flexibility index (Phi) is 5.84. The third-order valence-electron chi connectivity index (χ3n) is 4.63. The van der Waals surface area contributed by atoms with E-state index >= 15 is 0 Å². The van der Waals surface area contributed by atoms with Crippen molar-refractivity contribution in [2.45, 2.75) is 31.8 Å². The van der Waals surface area contributed by atoms with Gasteiger partial charge in [-0.3, -0.25) is 4.79 Å². The molecular weight excluding hydrogens is 349 g/mol. The topological polar surface area (TPSA) is 48.0 Å². The molecule has 0 atom stereocenters. The van der Waals surface area contributed by atoms with Gasteiger partial charge in [0.05, 0.1) is 27.8 Å². The minimum absolute atomic E-state index is 0.0168. The molecule has 1 fully saturated rings. The summed E-state index contributed by atoms with van der Waals surface area (Å²) in [5, 5.41) is 0. The van der Waals surface area contributed by atoms with Crippen LogP contribution >= 0.6 is 0 Å². The number of carbonyl (C=O) groups is 1. The van der Waals surface area contributed by atoms with Gasteiger partial charge in [-0.2, -0.15) is 0 Å². The molecule has 6 heteroatoms. The Morgan fingerprint density at radius 1 is 1.04 bits per heavy atom. The Morgan fingerprint density at radius 2 is 1.70 bits per heavy atom. The normalized spacial score (nSPS) is 13.2. The van der Waals surface area contributed by atoms with Crippen LogP contribution in [0, 0.1) is 5.82 Å². The molecule has 27 heavy (non-hydrogen) atoms. The van der Waals surface area contributed by atoms with Crippen molar-refractivity contribution in [3.63, 3.8) is 0 Å². The number of amides is 1. The summed E-state index contributed by atoms with van der Waals surface area (Å²) in [6, 6.07) is 10.1. The minimum atomic E-state index is -0.331. The fourth-order valence-electron chi connectivity index (χ4n) is 3.15. The van der Waals surface area contributed by atoms with E-state index in [0.29, 0.717) is 29.4 Å². The van der Waals surface area contributed by atoms with Gasteiger partial charge in [0.15, 0.2) is 11.5 Å². The van der Waals surface area contributed by atoms with Crippen molar-refractivity contribution < 1.29 is 23.4 Å². The highest BCUT2D eigenvalue weighted by Gasteiger charge is 2.32. The van der Waals surface area contributed by atoms with E-state index in [4.69, 9.17) is 14.2 Å². The van der Waals surface area contributed by atoms with Gasteiger partial charge in [0.2, 0.25) is 11.7 Å². The van der Waals surface area contributed by atoms with Crippen molar-refractivity contribution in [1.82, 2.24) is 4.90 Å². The lowest BCUT2D eigenvalue weighted by atomic mass is 10.1. The molecule has 144 valence electrons. The predicted octanol–water partition coefficient (Wildman–Crippen LogP) is 3.59. The lowest BCUT2D eigenvalue weighted by molar-refractivity contribution is -0.131. The molecule has 2 aromatic carbocycles. The lowest BCUT2D eigenvalue weighted by Crippen LogP contribution is -2.33. The highest BCUT2D eigenvalue weighted by molar-refractivity contribution is 5.79. The second-order valence-electron chi connectivity index (χ2n) is 6.59. The van der Waals surface area contributed by atoms with Crippen LogP contribution in [0.4, 0.5) is 4.39 Å². The minimum Gasteiger partial charge on any atom is -0.493 e. The molecule has 3 rings (SSSR count). The van der Waals surface area contributed by atoms with Crippen molar-refractivity contribution >= 4 is 5.91 Å². The molecular formula is C21H24FNO4. The fourth-order valence-corrected chi connectivity index (χ4v) is 3.15. The van der Waals surface area contributed by atoms with Gasteiger partial charge in [0.1, 0.15) is 5.82 Å². The first-order valence-corrected chi connectivity index (χ1v) is 8.88. The van der Waals surface area contributed by atoms with Gasteiger partial charge in [-0.05, 0) is 48.2 Å². The van der Waals surface area contributed by atoms with Gasteiger partial charge in [0.25, 0.3) is 0 Å². The van der Waals surface area contributed by atoms with E-state index in [1.165, 1.54) is 12.1 Å². The zero-order valence-corrected chi connectivity index (χ0v) is 15.8. The molecule has 5 nitrogen and oxygen atoms in total. The Morgan fingerprint density at radius 3 is 2.22 bits per heavy atom. The van der Waals surface area contributed by atoms with Gasteiger partial charge >= 0.3 is 0 Å². The summed E-state index contributed by atoms with van der Waals surface area (Å²) in [5.74, 6) is 1.29. The quantitative estimate of drug-likeness (QED) is 0.710. The van der Waals surface area contributed by atoms with Gasteiger partial charge in [-0.1, -0.05) is 12.1 Å². The average Bonchev–Trinajstić information content (AvgIpc) is 3.50. The molecule has 2 aromatic rings. The molecule has 1 saturated carbocycles. The van der Waals surface area contributed by atoms with Crippen LogP contribution in [0.3, 0.4) is 0 Å². The Labute approximate surface area is 158 Å². The summed E-state index contributed by atoms with van der Waals surface area (Å²) < 4.78 is 29.6. The van der Waals surface area contributed by atoms with Crippen molar-refractivity contribution in [3.05, 3.63) is 53.3 Å². The maximum Gasteiger partial charge on any atom is 0.227 e. The van der Waals surface area contributed by atoms with Crippen molar-refractivity contribution in [3.8, 4) is 17.2 Å². The number of halogens is 1. The summed E-state index contributed by atoms with van der Waals surface area (Å²) in [7, 11) is 4.68. The van der Waals surface area contributed by atoms with Crippen LogP contribution in [-0.2, 0) is 17.8 Å². The van der Waals surface area contributed by atoms with Crippen LogP contribution in [0.1, 0.15) is 24.0 Å². The number of rotatable bonds is 8. The van der Waals surface area contributed by atoms with E-state index < -0.39 is 0 Å². The molecule has 0 heterocycles. The molecule has 1 aliphatic carbocycles. The lowest BCUT2D eigenvalue weighted by Gasteiger charge is -2.24. The van der Waals surface area contributed by atoms with E-state index in [2.05, 4.69) is 0 Å². The number of nitrogens with zero attached hydrogens (tertiary/aromatic N) is 1. The molecule has 0 unspecified atom stereocenters. The van der Waals surface area contributed by atoms with E-state index in [1.807, 2.05) is 17.0 Å². The molecule has 1 amide bonds. The van der Waals surface area contributed by atoms with Crippen LogP contribution in [0.5, 0.6) is 17.2 Å². The largest absolute Gasteiger partial charge is 0.493 e. The van der Waals surface area contributed by atoms with Gasteiger partial charge in [-0.25, -0.2) is 4.39 Å². The molecule has 0 bridgehead atoms. The Balaban J connectivity index is 1.81. The maximum atomic E-state index is 13.4. The highest BCUT2D eigenvalue weighted by atomic mass is 19.1. The van der Waals surface area contributed by atoms with Gasteiger partial charge in [-0.15, -0.1) is 0 Å². The van der Waals surface area contributed by atoms with Gasteiger partial charge < -0.3 is 19.1 Å². The van der Waals surface area contributed by atoms with Crippen molar-refractivity contribution in [1.29, 1.82) is 0 Å². The summed E-state index contributed by atoms with van der Waals surface area (Å²) in [4.78, 5) is 14.7. The maximum absolute atomic E-state index is 13.4. The standard InChI is InChI=1S/C21H24FNO4/c1-25-18-10-15(11-19(26-2)21(18)27-3)13-23(17-7-8-17)20(24)12-14-5-4-6-16(22)9-14/h4-6,9-11,17H,7-8,12-13H2,1-3H3. The van der Waals surface area contributed by atoms with E-state index in [-0.39, 0.29) is 24.2 Å². The van der Waals surface area contributed by atoms with Crippen LogP contribution in [-0.4, -0.2) is 38.2 Å². The molecule has 1 aliphatic rings. The zero-order chi connectivity index (χ0) is 19.4.